The van der Waals surface area contributed by atoms with Crippen molar-refractivity contribution in [3.05, 3.63) is 40.5 Å². The number of carbonyl (C=O) groups excluding carboxylic acids is 1. The Labute approximate surface area is 159 Å². The summed E-state index contributed by atoms with van der Waals surface area (Å²) in [5.41, 5.74) is 1.73. The summed E-state index contributed by atoms with van der Waals surface area (Å²) in [6, 6.07) is 5.89. The van der Waals surface area contributed by atoms with E-state index in [0.29, 0.717) is 11.6 Å². The van der Waals surface area contributed by atoms with Gasteiger partial charge in [-0.2, -0.15) is 0 Å². The number of aromatic amines is 1. The lowest BCUT2D eigenvalue weighted by Gasteiger charge is -2.32. The monoisotopic (exact) mass is 374 g/mol. The summed E-state index contributed by atoms with van der Waals surface area (Å²) in [5, 5.41) is 4.52. The van der Waals surface area contributed by atoms with Gasteiger partial charge in [-0.1, -0.05) is 17.7 Å². The van der Waals surface area contributed by atoms with Crippen LogP contribution in [0.25, 0.3) is 17.0 Å². The maximum atomic E-state index is 11.4. The lowest BCUT2D eigenvalue weighted by Crippen LogP contribution is -2.41. The van der Waals surface area contributed by atoms with Crippen LogP contribution in [0.3, 0.4) is 0 Å². The molecule has 1 aromatic carbocycles. The second-order valence-corrected chi connectivity index (χ2v) is 8.06. The molecule has 7 heteroatoms. The smallest absolute Gasteiger partial charge is 0.400 e. The summed E-state index contributed by atoms with van der Waals surface area (Å²) in [4.78, 5) is 14.6. The van der Waals surface area contributed by atoms with Crippen LogP contribution in [-0.2, 0) is 14.1 Å². The molecule has 1 saturated heterocycles. The minimum absolute atomic E-state index is 0.111. The fourth-order valence-electron chi connectivity index (χ4n) is 2.83. The quantitative estimate of drug-likeness (QED) is 0.796. The molecule has 0 bridgehead atoms. The van der Waals surface area contributed by atoms with Crippen LogP contribution < -0.4 is 5.32 Å². The second-order valence-electron chi connectivity index (χ2n) is 7.66. The summed E-state index contributed by atoms with van der Waals surface area (Å²) in [5.74, 6) is -0.111. The Morgan fingerprint density at radius 2 is 1.92 bits per heavy atom. The van der Waals surface area contributed by atoms with Gasteiger partial charge in [0.1, 0.15) is 0 Å². The van der Waals surface area contributed by atoms with Gasteiger partial charge in [-0.05, 0) is 56.9 Å². The molecule has 1 aromatic heterocycles. The van der Waals surface area contributed by atoms with Gasteiger partial charge in [0.25, 0.3) is 0 Å². The average molecular weight is 375 g/mol. The number of hydrogen-bond donors (Lipinski definition) is 2. The van der Waals surface area contributed by atoms with Crippen LogP contribution in [0.2, 0.25) is 5.02 Å². The summed E-state index contributed by atoms with van der Waals surface area (Å²) in [6.45, 7) is 9.82. The first-order valence-corrected chi connectivity index (χ1v) is 9.04. The van der Waals surface area contributed by atoms with Crippen LogP contribution in [0.1, 0.15) is 40.2 Å². The molecule has 2 aromatic rings. The number of H-pyrrole nitrogens is 1. The van der Waals surface area contributed by atoms with E-state index in [1.54, 1.807) is 0 Å². The van der Waals surface area contributed by atoms with Crippen molar-refractivity contribution < 1.29 is 14.1 Å². The van der Waals surface area contributed by atoms with Gasteiger partial charge in [0.2, 0.25) is 5.91 Å². The van der Waals surface area contributed by atoms with Gasteiger partial charge in [0, 0.05) is 35.6 Å². The van der Waals surface area contributed by atoms with Gasteiger partial charge in [-0.15, -0.1) is 0 Å². The molecule has 0 aliphatic carbocycles. The van der Waals surface area contributed by atoms with Gasteiger partial charge < -0.3 is 19.6 Å². The highest BCUT2D eigenvalue weighted by Crippen LogP contribution is 2.39. The lowest BCUT2D eigenvalue weighted by molar-refractivity contribution is -0.118. The van der Waals surface area contributed by atoms with E-state index in [0.717, 1.165) is 21.9 Å². The molecule has 1 aliphatic heterocycles. The van der Waals surface area contributed by atoms with Crippen molar-refractivity contribution in [3.8, 4) is 0 Å². The largest absolute Gasteiger partial charge is 0.492 e. The van der Waals surface area contributed by atoms with Crippen LogP contribution in [0.5, 0.6) is 0 Å². The van der Waals surface area contributed by atoms with Crippen LogP contribution in [-0.4, -0.2) is 35.8 Å². The van der Waals surface area contributed by atoms with Crippen LogP contribution in [0.4, 0.5) is 0 Å². The number of amides is 1. The molecule has 2 N–H and O–H groups in total. The Morgan fingerprint density at radius 3 is 2.54 bits per heavy atom. The van der Waals surface area contributed by atoms with E-state index in [1.165, 1.54) is 6.92 Å². The van der Waals surface area contributed by atoms with Crippen LogP contribution in [0.15, 0.2) is 29.9 Å². The number of benzene rings is 1. The van der Waals surface area contributed by atoms with Gasteiger partial charge in [-0.3, -0.25) is 4.79 Å². The zero-order chi connectivity index (χ0) is 19.1. The van der Waals surface area contributed by atoms with E-state index < -0.39 is 18.3 Å². The Bertz CT molecular complexity index is 857. The lowest BCUT2D eigenvalue weighted by atomic mass is 9.77. The normalized spacial score (nSPS) is 19.2. The third-order valence-corrected chi connectivity index (χ3v) is 5.44. The van der Waals surface area contributed by atoms with Crippen LogP contribution >= 0.6 is 11.6 Å². The second kappa shape index (κ2) is 6.76. The number of hydrogen-bond acceptors (Lipinski definition) is 3. The summed E-state index contributed by atoms with van der Waals surface area (Å²) >= 11 is 6.45. The molecule has 1 aliphatic rings. The topological polar surface area (TPSA) is 63.4 Å². The first-order chi connectivity index (χ1) is 12.1. The molecular weight excluding hydrogens is 350 g/mol. The molecule has 1 fully saturated rings. The zero-order valence-electron chi connectivity index (χ0n) is 15.8. The number of rotatable bonds is 4. The molecular formula is C19H24BClN2O3. The molecule has 5 nitrogen and oxygen atoms in total. The van der Waals surface area contributed by atoms with E-state index in [2.05, 4.69) is 10.3 Å². The van der Waals surface area contributed by atoms with Gasteiger partial charge >= 0.3 is 7.12 Å². The third kappa shape index (κ3) is 3.68. The third-order valence-electron chi connectivity index (χ3n) is 5.11. The Balaban J connectivity index is 1.98. The standard InChI is InChI=1S/C19H24BClN2O3/c1-12(24)23-11-15(20-25-18(2,3)19(4,5)26-20)9-14-8-13-6-7-22-17(13)10-16(14)21/h6-10,22H,11H2,1-5H3,(H,23,24). The predicted molar refractivity (Wildman–Crippen MR) is 106 cm³/mol. The van der Waals surface area contributed by atoms with Crippen LogP contribution in [0, 0.1) is 0 Å². The number of halogens is 1. The zero-order valence-corrected chi connectivity index (χ0v) is 16.5. The van der Waals surface area contributed by atoms with Gasteiger partial charge in [-0.25, -0.2) is 0 Å². The Kier molecular flexibility index (Phi) is 4.95. The SMILES string of the molecule is CC(=O)NCC(=Cc1cc2cc[nH]c2cc1Cl)B1OC(C)(C)C(C)(C)O1. The number of nitrogens with one attached hydrogen (secondary N) is 2. The molecule has 3 rings (SSSR count). The molecule has 138 valence electrons. The molecule has 0 saturated carbocycles. The maximum absolute atomic E-state index is 11.4. The fraction of sp³-hybridized carbons (Fsp3) is 0.421. The van der Waals surface area contributed by atoms with Crippen molar-refractivity contribution in [2.24, 2.45) is 0 Å². The van der Waals surface area contributed by atoms with E-state index in [9.17, 15) is 4.79 Å². The summed E-state index contributed by atoms with van der Waals surface area (Å²) < 4.78 is 12.3. The highest BCUT2D eigenvalue weighted by atomic mass is 35.5. The Hall–Kier alpha value is -1.76. The van der Waals surface area contributed by atoms with Gasteiger partial charge in [0.15, 0.2) is 0 Å². The van der Waals surface area contributed by atoms with Crippen molar-refractivity contribution >= 4 is 41.6 Å². The van der Waals surface area contributed by atoms with Gasteiger partial charge in [0.05, 0.1) is 11.2 Å². The number of fused-ring (bicyclic) bond motifs is 1. The molecule has 2 heterocycles. The van der Waals surface area contributed by atoms with E-state index >= 15 is 0 Å². The predicted octanol–water partition coefficient (Wildman–Crippen LogP) is 3.97. The van der Waals surface area contributed by atoms with Crippen molar-refractivity contribution in [1.82, 2.24) is 10.3 Å². The summed E-state index contributed by atoms with van der Waals surface area (Å²) in [6.07, 6.45) is 3.81. The molecule has 0 unspecified atom stereocenters. The van der Waals surface area contributed by atoms with E-state index in [4.69, 9.17) is 20.9 Å². The van der Waals surface area contributed by atoms with Crippen molar-refractivity contribution in [1.29, 1.82) is 0 Å². The number of aromatic nitrogens is 1. The van der Waals surface area contributed by atoms with Crippen molar-refractivity contribution in [2.75, 3.05) is 6.54 Å². The highest BCUT2D eigenvalue weighted by molar-refractivity contribution is 6.56. The fourth-order valence-corrected chi connectivity index (χ4v) is 3.04. The Morgan fingerprint density at radius 1 is 1.27 bits per heavy atom. The van der Waals surface area contributed by atoms with E-state index in [-0.39, 0.29) is 5.91 Å². The molecule has 1 amide bonds. The molecule has 0 spiro atoms. The maximum Gasteiger partial charge on any atom is 0.492 e. The van der Waals surface area contributed by atoms with Crippen molar-refractivity contribution in [2.45, 2.75) is 45.8 Å². The van der Waals surface area contributed by atoms with Crippen molar-refractivity contribution in [3.63, 3.8) is 0 Å². The minimum atomic E-state index is -0.551. The van der Waals surface area contributed by atoms with E-state index in [1.807, 2.05) is 58.2 Å². The molecule has 26 heavy (non-hydrogen) atoms. The minimum Gasteiger partial charge on any atom is -0.400 e. The number of carbonyl (C=O) groups is 1. The first-order valence-electron chi connectivity index (χ1n) is 8.66. The average Bonchev–Trinajstić information content (AvgIpc) is 3.04. The molecule has 0 radical (unpaired) electrons. The molecule has 0 atom stereocenters. The summed E-state index contributed by atoms with van der Waals surface area (Å²) in [7, 11) is -0.551. The first kappa shape index (κ1) is 19.0. The highest BCUT2D eigenvalue weighted by Gasteiger charge is 2.52.